The lowest BCUT2D eigenvalue weighted by atomic mass is 10.1. The third kappa shape index (κ3) is 6.60. The summed E-state index contributed by atoms with van der Waals surface area (Å²) in [5.41, 5.74) is 1.80. The van der Waals surface area contributed by atoms with Crippen LogP contribution >= 0.6 is 0 Å². The second kappa shape index (κ2) is 11.1. The number of nitrogens with zero attached hydrogens (tertiary/aromatic N) is 1. The number of rotatable bonds is 9. The molecule has 0 aliphatic carbocycles. The highest BCUT2D eigenvalue weighted by atomic mass is 32.2. The van der Waals surface area contributed by atoms with Crippen LogP contribution in [-0.2, 0) is 19.6 Å². The molecule has 0 bridgehead atoms. The molecule has 0 spiro atoms. The Morgan fingerprint density at radius 3 is 2.17 bits per heavy atom. The molecular formula is C26H28N2O6S. The summed E-state index contributed by atoms with van der Waals surface area (Å²) < 4.78 is 37.0. The Hall–Kier alpha value is -3.85. The van der Waals surface area contributed by atoms with E-state index in [0.717, 1.165) is 10.6 Å². The molecule has 1 amide bonds. The van der Waals surface area contributed by atoms with Crippen molar-refractivity contribution in [3.8, 4) is 11.5 Å². The first kappa shape index (κ1) is 25.8. The van der Waals surface area contributed by atoms with Gasteiger partial charge in [-0.1, -0.05) is 18.2 Å². The van der Waals surface area contributed by atoms with Gasteiger partial charge in [0.2, 0.25) is 15.9 Å². The van der Waals surface area contributed by atoms with Gasteiger partial charge in [0.1, 0.15) is 17.5 Å². The van der Waals surface area contributed by atoms with E-state index in [1.165, 1.54) is 6.92 Å². The molecule has 3 aromatic carbocycles. The van der Waals surface area contributed by atoms with Crippen molar-refractivity contribution in [2.75, 3.05) is 22.5 Å². The average molecular weight is 497 g/mol. The van der Waals surface area contributed by atoms with E-state index in [0.29, 0.717) is 34.0 Å². The van der Waals surface area contributed by atoms with E-state index in [1.807, 2.05) is 30.3 Å². The highest BCUT2D eigenvalue weighted by Crippen LogP contribution is 2.27. The minimum Gasteiger partial charge on any atom is -0.462 e. The SMILES string of the molecule is CCOC(=O)c1ccc(NC(=O)[C@H](C)N(c2ccc(Oc3ccccc3)cc2)S(C)(=O)=O)c(C)c1. The standard InChI is InChI=1S/C26H28N2O6S/c1-5-33-26(30)20-11-16-24(18(2)17-20)27-25(29)19(3)28(35(4,31)32)21-12-14-23(15-13-21)34-22-9-7-6-8-10-22/h6-17,19H,5H2,1-4H3,(H,27,29)/t19-/m0/s1. The Labute approximate surface area is 205 Å². The van der Waals surface area contributed by atoms with Crippen molar-refractivity contribution in [2.45, 2.75) is 26.8 Å². The molecule has 0 fully saturated rings. The largest absolute Gasteiger partial charge is 0.462 e. The van der Waals surface area contributed by atoms with Crippen LogP contribution in [0.4, 0.5) is 11.4 Å². The smallest absolute Gasteiger partial charge is 0.338 e. The summed E-state index contributed by atoms with van der Waals surface area (Å²) in [6, 6.07) is 19.4. The molecule has 3 rings (SSSR count). The van der Waals surface area contributed by atoms with Crippen molar-refractivity contribution >= 4 is 33.3 Å². The van der Waals surface area contributed by atoms with E-state index < -0.39 is 27.9 Å². The molecule has 0 saturated carbocycles. The predicted molar refractivity (Wildman–Crippen MR) is 136 cm³/mol. The van der Waals surface area contributed by atoms with Crippen LogP contribution < -0.4 is 14.4 Å². The molecule has 1 atom stereocenters. The second-order valence-electron chi connectivity index (χ2n) is 7.88. The van der Waals surface area contributed by atoms with Crippen molar-refractivity contribution in [2.24, 2.45) is 0 Å². The average Bonchev–Trinajstić information content (AvgIpc) is 2.81. The number of carbonyl (C=O) groups excluding carboxylic acids is 2. The number of amides is 1. The van der Waals surface area contributed by atoms with Crippen LogP contribution in [0.25, 0.3) is 0 Å². The molecule has 1 N–H and O–H groups in total. The molecule has 0 heterocycles. The second-order valence-corrected chi connectivity index (χ2v) is 9.74. The summed E-state index contributed by atoms with van der Waals surface area (Å²) >= 11 is 0. The highest BCUT2D eigenvalue weighted by Gasteiger charge is 2.29. The summed E-state index contributed by atoms with van der Waals surface area (Å²) in [4.78, 5) is 25.0. The first-order valence-corrected chi connectivity index (χ1v) is 12.9. The normalized spacial score (nSPS) is 11.9. The number of benzene rings is 3. The topological polar surface area (TPSA) is 102 Å². The Morgan fingerprint density at radius 2 is 1.60 bits per heavy atom. The highest BCUT2D eigenvalue weighted by molar-refractivity contribution is 7.92. The summed E-state index contributed by atoms with van der Waals surface area (Å²) in [5, 5.41) is 2.75. The molecule has 3 aromatic rings. The number of anilines is 2. The van der Waals surface area contributed by atoms with Crippen molar-refractivity contribution < 1.29 is 27.5 Å². The van der Waals surface area contributed by atoms with Gasteiger partial charge in [0.15, 0.2) is 0 Å². The zero-order valence-corrected chi connectivity index (χ0v) is 20.8. The molecule has 8 nitrogen and oxygen atoms in total. The Bertz CT molecular complexity index is 1290. The number of aryl methyl sites for hydroxylation is 1. The number of sulfonamides is 1. The van der Waals surface area contributed by atoms with E-state index in [2.05, 4.69) is 5.32 Å². The monoisotopic (exact) mass is 496 g/mol. The van der Waals surface area contributed by atoms with Crippen LogP contribution in [0.1, 0.15) is 29.8 Å². The van der Waals surface area contributed by atoms with Gasteiger partial charge >= 0.3 is 5.97 Å². The molecule has 9 heteroatoms. The zero-order valence-electron chi connectivity index (χ0n) is 20.0. The molecule has 0 aromatic heterocycles. The van der Waals surface area contributed by atoms with Crippen molar-refractivity contribution in [3.63, 3.8) is 0 Å². The van der Waals surface area contributed by atoms with E-state index in [9.17, 15) is 18.0 Å². The van der Waals surface area contributed by atoms with Crippen molar-refractivity contribution in [1.29, 1.82) is 0 Å². The first-order chi connectivity index (χ1) is 16.6. The van der Waals surface area contributed by atoms with Crippen molar-refractivity contribution in [1.82, 2.24) is 0 Å². The molecule has 0 unspecified atom stereocenters. The van der Waals surface area contributed by atoms with Crippen LogP contribution in [-0.4, -0.2) is 39.2 Å². The fourth-order valence-corrected chi connectivity index (χ4v) is 4.65. The number of ether oxygens (including phenoxy) is 2. The van der Waals surface area contributed by atoms with Gasteiger partial charge in [-0.25, -0.2) is 13.2 Å². The Morgan fingerprint density at radius 1 is 0.971 bits per heavy atom. The lowest BCUT2D eigenvalue weighted by Crippen LogP contribution is -2.45. The first-order valence-electron chi connectivity index (χ1n) is 11.0. The minimum atomic E-state index is -3.79. The Balaban J connectivity index is 1.78. The molecule has 0 aliphatic rings. The van der Waals surface area contributed by atoms with Gasteiger partial charge in [0, 0.05) is 5.69 Å². The van der Waals surface area contributed by atoms with Gasteiger partial charge in [0.05, 0.1) is 24.1 Å². The van der Waals surface area contributed by atoms with Crippen LogP contribution in [0, 0.1) is 6.92 Å². The number of hydrogen-bond acceptors (Lipinski definition) is 6. The number of carbonyl (C=O) groups is 2. The van der Waals surface area contributed by atoms with E-state index >= 15 is 0 Å². The zero-order chi connectivity index (χ0) is 25.6. The van der Waals surface area contributed by atoms with Gasteiger partial charge in [0.25, 0.3) is 0 Å². The molecule has 35 heavy (non-hydrogen) atoms. The van der Waals surface area contributed by atoms with Crippen LogP contribution in [0.15, 0.2) is 72.8 Å². The summed E-state index contributed by atoms with van der Waals surface area (Å²) in [6.07, 6.45) is 1.05. The van der Waals surface area contributed by atoms with Gasteiger partial charge in [-0.2, -0.15) is 0 Å². The lowest BCUT2D eigenvalue weighted by Gasteiger charge is -2.28. The quantitative estimate of drug-likeness (QED) is 0.429. The van der Waals surface area contributed by atoms with Crippen LogP contribution in [0.5, 0.6) is 11.5 Å². The van der Waals surface area contributed by atoms with E-state index in [1.54, 1.807) is 56.3 Å². The third-order valence-corrected chi connectivity index (χ3v) is 6.40. The summed E-state index contributed by atoms with van der Waals surface area (Å²) in [6.45, 7) is 5.22. The fraction of sp³-hybridized carbons (Fsp3) is 0.231. The van der Waals surface area contributed by atoms with Crippen LogP contribution in [0.3, 0.4) is 0 Å². The number of hydrogen-bond donors (Lipinski definition) is 1. The van der Waals surface area contributed by atoms with Crippen LogP contribution in [0.2, 0.25) is 0 Å². The number of nitrogens with one attached hydrogen (secondary N) is 1. The molecular weight excluding hydrogens is 468 g/mol. The molecule has 0 radical (unpaired) electrons. The maximum Gasteiger partial charge on any atom is 0.338 e. The number of esters is 1. The molecule has 184 valence electrons. The maximum atomic E-state index is 13.0. The number of para-hydroxylation sites is 1. The molecule has 0 aliphatic heterocycles. The minimum absolute atomic E-state index is 0.259. The third-order valence-electron chi connectivity index (χ3n) is 5.15. The van der Waals surface area contributed by atoms with Crippen molar-refractivity contribution in [3.05, 3.63) is 83.9 Å². The van der Waals surface area contributed by atoms with E-state index in [-0.39, 0.29) is 6.61 Å². The van der Waals surface area contributed by atoms with Gasteiger partial charge in [-0.05, 0) is 80.9 Å². The predicted octanol–water partition coefficient (Wildman–Crippen LogP) is 4.76. The maximum absolute atomic E-state index is 13.0. The van der Waals surface area contributed by atoms with E-state index in [4.69, 9.17) is 9.47 Å². The van der Waals surface area contributed by atoms with Gasteiger partial charge in [-0.15, -0.1) is 0 Å². The molecule has 0 saturated heterocycles. The van der Waals surface area contributed by atoms with Gasteiger partial charge < -0.3 is 14.8 Å². The van der Waals surface area contributed by atoms with Gasteiger partial charge in [-0.3, -0.25) is 9.10 Å². The lowest BCUT2D eigenvalue weighted by molar-refractivity contribution is -0.116. The summed E-state index contributed by atoms with van der Waals surface area (Å²) in [5.74, 6) is 0.205. The fourth-order valence-electron chi connectivity index (χ4n) is 3.48. The Kier molecular flexibility index (Phi) is 8.14. The summed E-state index contributed by atoms with van der Waals surface area (Å²) in [7, 11) is -3.79.